The molecule has 0 saturated carbocycles. The lowest BCUT2D eigenvalue weighted by molar-refractivity contribution is 0.0790. The van der Waals surface area contributed by atoms with Crippen LogP contribution in [0.25, 0.3) is 10.1 Å². The van der Waals surface area contributed by atoms with Crippen molar-refractivity contribution in [3.8, 4) is 0 Å². The number of carbonyl (C=O) groups excluding carboxylic acids is 1. The number of benzene rings is 1. The summed E-state index contributed by atoms with van der Waals surface area (Å²) < 4.78 is 1.12. The van der Waals surface area contributed by atoms with E-state index < -0.39 is 0 Å². The smallest absolute Gasteiger partial charge is 0.263 e. The van der Waals surface area contributed by atoms with Crippen LogP contribution >= 0.6 is 11.3 Å². The number of thiophene rings is 1. The van der Waals surface area contributed by atoms with Crippen molar-refractivity contribution in [2.75, 3.05) is 18.8 Å². The topological polar surface area (TPSA) is 46.3 Å². The zero-order valence-corrected chi connectivity index (χ0v) is 12.0. The highest BCUT2D eigenvalue weighted by Gasteiger charge is 2.30. The molecule has 0 bridgehead atoms. The van der Waals surface area contributed by atoms with E-state index in [4.69, 9.17) is 5.73 Å². The Bertz CT molecular complexity index is 624. The molecule has 2 aromatic rings. The molecule has 1 aromatic heterocycles. The predicted octanol–water partition coefficient (Wildman–Crippen LogP) is 3.21. The summed E-state index contributed by atoms with van der Waals surface area (Å²) in [4.78, 5) is 15.3. The Morgan fingerprint density at radius 3 is 2.63 bits per heavy atom. The average molecular weight is 274 g/mol. The summed E-state index contributed by atoms with van der Waals surface area (Å²) in [5.74, 6) is 1.35. The molecule has 1 amide bonds. The lowest BCUT2D eigenvalue weighted by Crippen LogP contribution is -2.28. The third kappa shape index (κ3) is 2.21. The second-order valence-corrected chi connectivity index (χ2v) is 6.66. The minimum absolute atomic E-state index is 0.163. The van der Waals surface area contributed by atoms with Crippen molar-refractivity contribution in [2.24, 2.45) is 11.8 Å². The van der Waals surface area contributed by atoms with Crippen LogP contribution in [-0.2, 0) is 0 Å². The van der Waals surface area contributed by atoms with Crippen molar-refractivity contribution >= 4 is 33.0 Å². The van der Waals surface area contributed by atoms with Gasteiger partial charge in [0.05, 0.1) is 4.88 Å². The molecule has 3 nitrogen and oxygen atoms in total. The van der Waals surface area contributed by atoms with Crippen LogP contribution in [0.15, 0.2) is 24.3 Å². The molecule has 4 heteroatoms. The van der Waals surface area contributed by atoms with Crippen LogP contribution in [0, 0.1) is 11.8 Å². The Morgan fingerprint density at radius 1 is 1.26 bits per heavy atom. The molecule has 1 aliphatic heterocycles. The number of nitrogens with two attached hydrogens (primary N) is 1. The van der Waals surface area contributed by atoms with E-state index in [0.29, 0.717) is 11.8 Å². The number of carbonyl (C=O) groups is 1. The van der Waals surface area contributed by atoms with E-state index in [1.165, 1.54) is 0 Å². The lowest BCUT2D eigenvalue weighted by Gasteiger charge is -2.14. The molecular formula is C15H18N2OS. The molecule has 100 valence electrons. The first-order chi connectivity index (χ1) is 9.04. The number of rotatable bonds is 1. The molecule has 2 N–H and O–H groups in total. The fourth-order valence-corrected chi connectivity index (χ4v) is 3.63. The Kier molecular flexibility index (Phi) is 2.97. The molecule has 0 radical (unpaired) electrons. The predicted molar refractivity (Wildman–Crippen MR) is 80.5 cm³/mol. The summed E-state index contributed by atoms with van der Waals surface area (Å²) >= 11 is 1.56. The maximum atomic E-state index is 12.5. The van der Waals surface area contributed by atoms with Crippen LogP contribution in [0.5, 0.6) is 0 Å². The number of likely N-dealkylation sites (tertiary alicyclic amines) is 1. The molecule has 0 aliphatic carbocycles. The van der Waals surface area contributed by atoms with Crippen molar-refractivity contribution in [2.45, 2.75) is 13.8 Å². The third-order valence-corrected chi connectivity index (χ3v) is 5.13. The molecule has 1 aromatic carbocycles. The van der Waals surface area contributed by atoms with E-state index in [9.17, 15) is 4.79 Å². The van der Waals surface area contributed by atoms with Gasteiger partial charge in [0.25, 0.3) is 5.91 Å². The number of amides is 1. The van der Waals surface area contributed by atoms with Crippen LogP contribution in [0.1, 0.15) is 23.5 Å². The Morgan fingerprint density at radius 2 is 1.95 bits per heavy atom. The molecule has 19 heavy (non-hydrogen) atoms. The van der Waals surface area contributed by atoms with E-state index >= 15 is 0 Å². The van der Waals surface area contributed by atoms with Gasteiger partial charge in [-0.2, -0.15) is 0 Å². The molecule has 3 rings (SSSR count). The van der Waals surface area contributed by atoms with Gasteiger partial charge in [-0.25, -0.2) is 0 Å². The lowest BCUT2D eigenvalue weighted by atomic mass is 10.0. The standard InChI is InChI=1S/C15H18N2OS/c1-9-7-17(8-10(9)2)15(18)14-6-11-5-12(16)3-4-13(11)19-14/h3-6,9-10H,7-8,16H2,1-2H3. The summed E-state index contributed by atoms with van der Waals surface area (Å²) in [6.07, 6.45) is 0. The third-order valence-electron chi connectivity index (χ3n) is 4.03. The van der Waals surface area contributed by atoms with Crippen molar-refractivity contribution < 1.29 is 4.79 Å². The minimum atomic E-state index is 0.163. The molecule has 1 saturated heterocycles. The molecule has 1 aliphatic rings. The molecule has 0 spiro atoms. The van der Waals surface area contributed by atoms with E-state index in [1.807, 2.05) is 29.2 Å². The van der Waals surface area contributed by atoms with Gasteiger partial charge >= 0.3 is 0 Å². The van der Waals surface area contributed by atoms with Crippen LogP contribution in [-0.4, -0.2) is 23.9 Å². The van der Waals surface area contributed by atoms with Crippen molar-refractivity contribution in [1.29, 1.82) is 0 Å². The summed E-state index contributed by atoms with van der Waals surface area (Å²) in [6.45, 7) is 6.17. The van der Waals surface area contributed by atoms with Gasteiger partial charge in [0.2, 0.25) is 0 Å². The zero-order chi connectivity index (χ0) is 13.6. The fourth-order valence-electron chi connectivity index (χ4n) is 2.62. The molecule has 2 atom stereocenters. The van der Waals surface area contributed by atoms with E-state index in [-0.39, 0.29) is 5.91 Å². The first-order valence-electron chi connectivity index (χ1n) is 6.63. The molecule has 1 fully saturated rings. The Hall–Kier alpha value is -1.55. The number of anilines is 1. The van der Waals surface area contributed by atoms with Gasteiger partial charge in [-0.3, -0.25) is 4.79 Å². The van der Waals surface area contributed by atoms with Crippen molar-refractivity contribution in [1.82, 2.24) is 4.90 Å². The normalized spacial score (nSPS) is 23.2. The van der Waals surface area contributed by atoms with E-state index in [2.05, 4.69) is 13.8 Å². The number of nitrogen functional groups attached to an aromatic ring is 1. The highest BCUT2D eigenvalue weighted by molar-refractivity contribution is 7.20. The fraction of sp³-hybridized carbons (Fsp3) is 0.400. The van der Waals surface area contributed by atoms with Crippen LogP contribution < -0.4 is 5.73 Å². The van der Waals surface area contributed by atoms with Gasteiger partial charge < -0.3 is 10.6 Å². The Balaban J connectivity index is 1.90. The van der Waals surface area contributed by atoms with Gasteiger partial charge in [0.1, 0.15) is 0 Å². The van der Waals surface area contributed by atoms with Crippen molar-refractivity contribution in [3.05, 3.63) is 29.1 Å². The average Bonchev–Trinajstić information content (AvgIpc) is 2.92. The number of fused-ring (bicyclic) bond motifs is 1. The summed E-state index contributed by atoms with van der Waals surface area (Å²) in [7, 11) is 0. The van der Waals surface area contributed by atoms with Crippen LogP contribution in [0.4, 0.5) is 5.69 Å². The largest absolute Gasteiger partial charge is 0.399 e. The molecular weight excluding hydrogens is 256 g/mol. The Labute approximate surface area is 117 Å². The van der Waals surface area contributed by atoms with Gasteiger partial charge in [-0.05, 0) is 41.5 Å². The molecule has 2 heterocycles. The number of hydrogen-bond acceptors (Lipinski definition) is 3. The van der Waals surface area contributed by atoms with Gasteiger partial charge in [-0.15, -0.1) is 11.3 Å². The molecule has 2 unspecified atom stereocenters. The first-order valence-corrected chi connectivity index (χ1v) is 7.44. The van der Waals surface area contributed by atoms with Crippen LogP contribution in [0.3, 0.4) is 0 Å². The van der Waals surface area contributed by atoms with Crippen LogP contribution in [0.2, 0.25) is 0 Å². The van der Waals surface area contributed by atoms with Crippen molar-refractivity contribution in [3.63, 3.8) is 0 Å². The first kappa shape index (κ1) is 12.5. The second-order valence-electron chi connectivity index (χ2n) is 5.57. The van der Waals surface area contributed by atoms with Gasteiger partial charge in [0.15, 0.2) is 0 Å². The highest BCUT2D eigenvalue weighted by atomic mass is 32.1. The number of nitrogens with zero attached hydrogens (tertiary/aromatic N) is 1. The maximum absolute atomic E-state index is 12.5. The minimum Gasteiger partial charge on any atom is -0.399 e. The zero-order valence-electron chi connectivity index (χ0n) is 11.2. The maximum Gasteiger partial charge on any atom is 0.263 e. The monoisotopic (exact) mass is 274 g/mol. The summed E-state index contributed by atoms with van der Waals surface area (Å²) in [6, 6.07) is 7.76. The van der Waals surface area contributed by atoms with E-state index in [1.54, 1.807) is 11.3 Å². The number of hydrogen-bond donors (Lipinski definition) is 1. The SMILES string of the molecule is CC1CN(C(=O)c2cc3cc(N)ccc3s2)CC1C. The quantitative estimate of drug-likeness (QED) is 0.812. The van der Waals surface area contributed by atoms with Gasteiger partial charge in [0, 0.05) is 23.5 Å². The summed E-state index contributed by atoms with van der Waals surface area (Å²) in [5, 5.41) is 1.06. The second kappa shape index (κ2) is 4.53. The van der Waals surface area contributed by atoms with Gasteiger partial charge in [-0.1, -0.05) is 13.8 Å². The summed E-state index contributed by atoms with van der Waals surface area (Å²) in [5.41, 5.74) is 6.52. The highest BCUT2D eigenvalue weighted by Crippen LogP contribution is 2.30. The van der Waals surface area contributed by atoms with E-state index in [0.717, 1.165) is 33.7 Å².